The zero-order chi connectivity index (χ0) is 52.6. The van der Waals surface area contributed by atoms with E-state index in [9.17, 15) is 57.2 Å². The summed E-state index contributed by atoms with van der Waals surface area (Å²) in [6, 6.07) is 20.0. The van der Waals surface area contributed by atoms with E-state index < -0.39 is 89.5 Å². The lowest BCUT2D eigenvalue weighted by Gasteiger charge is -2.12. The molecule has 29 nitrogen and oxygen atoms in total. The fourth-order valence-electron chi connectivity index (χ4n) is 5.69. The van der Waals surface area contributed by atoms with Crippen molar-refractivity contribution in [1.82, 2.24) is 0 Å². The van der Waals surface area contributed by atoms with Crippen LogP contribution in [0.4, 0.5) is 82.6 Å². The van der Waals surface area contributed by atoms with Gasteiger partial charge in [-0.1, -0.05) is 0 Å². The van der Waals surface area contributed by atoms with Crippen LogP contribution in [0.5, 0.6) is 0 Å². The van der Waals surface area contributed by atoms with Crippen molar-refractivity contribution >= 4 is 127 Å². The largest absolute Gasteiger partial charge is 0.351 e. The van der Waals surface area contributed by atoms with Crippen LogP contribution in [0.15, 0.2) is 182 Å². The average molecular weight is 1070 g/mol. The van der Waals surface area contributed by atoms with Gasteiger partial charge >= 0.3 is 18.1 Å². The monoisotopic (exact) mass is 1060 g/mol. The van der Waals surface area contributed by atoms with Gasteiger partial charge in [-0.15, -0.1) is 20.5 Å². The SMILES string of the molecule is NC(=O)Nc1cc(NC(=O)Nc2ccc(N=Nc3ccc(N=Nc4ccc(S(=O)(=O)O)cc4)cc3S(=O)(=O)O)c(NC(N)=O)c2)ccc1N=Nc1ccc(N=Nc2ccc(S(=O)(=O)O)cc2)cc1S(=O)(=O)O. The third-order valence-corrected chi connectivity index (χ3v) is 12.3. The number of carbonyl (C=O) groups excluding carboxylic acids is 3. The number of azo groups is 4. The highest BCUT2D eigenvalue weighted by molar-refractivity contribution is 7.86. The minimum atomic E-state index is -4.97. The smallest absolute Gasteiger partial charge is 0.323 e. The zero-order valence-corrected chi connectivity index (χ0v) is 39.0. The molecule has 12 N–H and O–H groups in total. The molecule has 0 bridgehead atoms. The summed E-state index contributed by atoms with van der Waals surface area (Å²) in [6.45, 7) is 0. The van der Waals surface area contributed by atoms with Gasteiger partial charge in [-0.05, 0) is 121 Å². The minimum Gasteiger partial charge on any atom is -0.351 e. The van der Waals surface area contributed by atoms with E-state index in [4.69, 9.17) is 20.6 Å². The molecule has 0 saturated heterocycles. The van der Waals surface area contributed by atoms with Crippen LogP contribution in [0.2, 0.25) is 0 Å². The van der Waals surface area contributed by atoms with Gasteiger partial charge in [-0.25, -0.2) is 14.4 Å². The topological polar surface area (TPSA) is 468 Å². The Morgan fingerprint density at radius 1 is 0.361 bits per heavy atom. The summed E-state index contributed by atoms with van der Waals surface area (Å²) >= 11 is 0. The zero-order valence-electron chi connectivity index (χ0n) is 35.7. The number of nitrogens with two attached hydrogens (primary N) is 2. The normalized spacial score (nSPS) is 12.4. The minimum absolute atomic E-state index is 0.0218. The van der Waals surface area contributed by atoms with Crippen LogP contribution >= 0.6 is 0 Å². The second kappa shape index (κ2) is 21.4. The maximum atomic E-state index is 13.1. The molecule has 0 fully saturated rings. The van der Waals surface area contributed by atoms with Crippen LogP contribution in [0.1, 0.15) is 0 Å². The molecule has 6 amide bonds. The van der Waals surface area contributed by atoms with E-state index in [1.165, 1.54) is 72.8 Å². The number of urea groups is 3. The number of benzene rings is 6. The summed E-state index contributed by atoms with van der Waals surface area (Å²) in [7, 11) is -18.9. The Bertz CT molecular complexity index is 3490. The van der Waals surface area contributed by atoms with Gasteiger partial charge in [0.1, 0.15) is 32.5 Å². The quantitative estimate of drug-likeness (QED) is 0.0319. The summed E-state index contributed by atoms with van der Waals surface area (Å²) in [5.74, 6) is 0. The number of rotatable bonds is 16. The number of amides is 6. The Morgan fingerprint density at radius 3 is 0.986 bits per heavy atom. The molecule has 6 aromatic carbocycles. The van der Waals surface area contributed by atoms with E-state index in [0.717, 1.165) is 48.5 Å². The molecule has 0 saturated carbocycles. The second-order valence-electron chi connectivity index (χ2n) is 14.0. The number of hydrogen-bond acceptors (Lipinski definition) is 19. The maximum Gasteiger partial charge on any atom is 0.323 e. The van der Waals surface area contributed by atoms with Gasteiger partial charge in [0.2, 0.25) is 0 Å². The summed E-state index contributed by atoms with van der Waals surface area (Å²) in [5, 5.41) is 40.7. The van der Waals surface area contributed by atoms with Crippen LogP contribution in [-0.4, -0.2) is 70.0 Å². The summed E-state index contributed by atoms with van der Waals surface area (Å²) in [5.41, 5.74) is 9.41. The lowest BCUT2D eigenvalue weighted by Crippen LogP contribution is -2.21. The van der Waals surface area contributed by atoms with E-state index in [-0.39, 0.29) is 56.9 Å². The van der Waals surface area contributed by atoms with Crippen molar-refractivity contribution in [3.8, 4) is 0 Å². The van der Waals surface area contributed by atoms with E-state index in [1.807, 2.05) is 0 Å². The van der Waals surface area contributed by atoms with Crippen LogP contribution in [0.25, 0.3) is 0 Å². The first-order valence-electron chi connectivity index (χ1n) is 19.3. The van der Waals surface area contributed by atoms with Gasteiger partial charge in [0.05, 0.1) is 43.9 Å². The second-order valence-corrected chi connectivity index (χ2v) is 19.6. The van der Waals surface area contributed by atoms with Crippen molar-refractivity contribution in [2.75, 3.05) is 21.3 Å². The van der Waals surface area contributed by atoms with Crippen molar-refractivity contribution in [2.24, 2.45) is 52.4 Å². The number of hydrogen-bond donors (Lipinski definition) is 10. The summed E-state index contributed by atoms with van der Waals surface area (Å²) in [6.07, 6.45) is 0. The first kappa shape index (κ1) is 52.5. The molecule has 372 valence electrons. The molecule has 6 rings (SSSR count). The van der Waals surface area contributed by atoms with Crippen molar-refractivity contribution in [3.63, 3.8) is 0 Å². The molecule has 0 spiro atoms. The van der Waals surface area contributed by atoms with E-state index in [0.29, 0.717) is 0 Å². The highest BCUT2D eigenvalue weighted by Gasteiger charge is 2.20. The lowest BCUT2D eigenvalue weighted by molar-refractivity contribution is 0.258. The fourth-order valence-corrected chi connectivity index (χ4v) is 7.93. The Morgan fingerprint density at radius 2 is 0.667 bits per heavy atom. The van der Waals surface area contributed by atoms with Crippen LogP contribution in [-0.2, 0) is 40.5 Å². The molecule has 0 aliphatic carbocycles. The molecule has 6 aromatic rings. The average Bonchev–Trinajstić information content (AvgIpc) is 3.28. The number of nitrogens with one attached hydrogen (secondary N) is 4. The van der Waals surface area contributed by atoms with E-state index in [1.54, 1.807) is 0 Å². The predicted octanol–water partition coefficient (Wildman–Crippen LogP) is 8.96. The summed E-state index contributed by atoms with van der Waals surface area (Å²) in [4.78, 5) is 34.6. The Kier molecular flexibility index (Phi) is 15.6. The van der Waals surface area contributed by atoms with Gasteiger partial charge < -0.3 is 32.7 Å². The Balaban J connectivity index is 1.18. The molecule has 33 heteroatoms. The molecular weight excluding hydrogens is 1030 g/mol. The predicted molar refractivity (Wildman–Crippen MR) is 254 cm³/mol. The number of primary amides is 2. The van der Waals surface area contributed by atoms with Gasteiger partial charge in [-0.2, -0.15) is 54.1 Å². The molecule has 0 unspecified atom stereocenters. The molecule has 0 atom stereocenters. The lowest BCUT2D eigenvalue weighted by atomic mass is 10.2. The molecular formula is C39H32N14O15S4. The molecule has 0 aromatic heterocycles. The Hall–Kier alpha value is -8.83. The van der Waals surface area contributed by atoms with Crippen molar-refractivity contribution in [3.05, 3.63) is 121 Å². The molecule has 0 heterocycles. The first-order chi connectivity index (χ1) is 33.7. The highest BCUT2D eigenvalue weighted by atomic mass is 32.2. The van der Waals surface area contributed by atoms with Crippen LogP contribution < -0.4 is 32.7 Å². The van der Waals surface area contributed by atoms with Crippen LogP contribution in [0.3, 0.4) is 0 Å². The van der Waals surface area contributed by atoms with Crippen LogP contribution in [0, 0.1) is 0 Å². The number of anilines is 4. The molecule has 0 aliphatic heterocycles. The third-order valence-electron chi connectivity index (χ3n) is 8.83. The fraction of sp³-hybridized carbons (Fsp3) is 0. The van der Waals surface area contributed by atoms with Crippen molar-refractivity contribution < 1.29 is 66.3 Å². The number of carbonyl (C=O) groups is 3. The molecule has 0 radical (unpaired) electrons. The highest BCUT2D eigenvalue weighted by Crippen LogP contribution is 2.36. The van der Waals surface area contributed by atoms with Gasteiger partial charge in [0.25, 0.3) is 40.5 Å². The Labute approximate surface area is 405 Å². The first-order valence-corrected chi connectivity index (χ1v) is 25.0. The number of nitrogens with zero attached hydrogens (tertiary/aromatic N) is 8. The van der Waals surface area contributed by atoms with E-state index in [2.05, 4.69) is 62.2 Å². The van der Waals surface area contributed by atoms with Gasteiger partial charge in [0, 0.05) is 11.4 Å². The van der Waals surface area contributed by atoms with Gasteiger partial charge in [0.15, 0.2) is 0 Å². The third kappa shape index (κ3) is 14.6. The molecule has 72 heavy (non-hydrogen) atoms. The van der Waals surface area contributed by atoms with Gasteiger partial charge in [-0.3, -0.25) is 18.2 Å². The van der Waals surface area contributed by atoms with Crippen molar-refractivity contribution in [2.45, 2.75) is 19.6 Å². The van der Waals surface area contributed by atoms with E-state index >= 15 is 0 Å². The van der Waals surface area contributed by atoms with Crippen molar-refractivity contribution in [1.29, 1.82) is 0 Å². The standard InChI is InChI=1S/C39H32N14O15S4/c40-37(54)44-33-17-23(5-13-29(33)50-52-31-15-7-25(19-35(31)71(63,64)65)48-46-21-1-9-27(10-2-21)69(57,58)59)42-39(56)43-24-6-14-30(34(18-24)45-38(41)55)51-53-32-16-8-26(20-36(32)72(66,67)68)49-47-22-3-11-28(12-4-22)70(60,61)62/h1-20H,(H3,40,44,54)(H3,41,45,55)(H2,42,43,56)(H,57,58,59)(H,60,61,62)(H,63,64,65)(H,66,67,68). The summed E-state index contributed by atoms with van der Waals surface area (Å²) < 4.78 is 133. The maximum absolute atomic E-state index is 13.1. The molecule has 0 aliphatic rings.